The maximum Gasteiger partial charge on any atom is 0.271 e. The number of nitrogens with zero attached hydrogens (tertiary/aromatic N) is 2. The van der Waals surface area contributed by atoms with Gasteiger partial charge >= 0.3 is 0 Å². The highest BCUT2D eigenvalue weighted by molar-refractivity contribution is 6.11. The summed E-state index contributed by atoms with van der Waals surface area (Å²) in [4.78, 5) is 25.3. The monoisotopic (exact) mass is 338 g/mol. The van der Waals surface area contributed by atoms with Gasteiger partial charge in [0, 0.05) is 12.1 Å². The molecule has 0 fully saturated rings. The summed E-state index contributed by atoms with van der Waals surface area (Å²) < 4.78 is 1.14. The first-order valence-electron chi connectivity index (χ1n) is 8.40. The lowest BCUT2D eigenvalue weighted by atomic mass is 9.96. The maximum absolute atomic E-state index is 12.9. The van der Waals surface area contributed by atoms with Crippen molar-refractivity contribution in [2.24, 2.45) is 0 Å². The van der Waals surface area contributed by atoms with E-state index >= 15 is 0 Å². The van der Waals surface area contributed by atoms with Crippen molar-refractivity contribution in [3.8, 4) is 11.9 Å². The van der Waals surface area contributed by atoms with E-state index in [0.717, 1.165) is 23.0 Å². The molecule has 0 aliphatic carbocycles. The van der Waals surface area contributed by atoms with Gasteiger partial charge in [-0.2, -0.15) is 5.26 Å². The van der Waals surface area contributed by atoms with Crippen molar-refractivity contribution in [3.05, 3.63) is 62.4 Å². The average molecular weight is 338 g/mol. The summed E-state index contributed by atoms with van der Waals surface area (Å²) in [5.41, 5.74) is 1.03. The molecule has 5 nitrogen and oxygen atoms in total. The van der Waals surface area contributed by atoms with Gasteiger partial charge in [-0.1, -0.05) is 49.6 Å². The van der Waals surface area contributed by atoms with E-state index in [2.05, 4.69) is 0 Å². The lowest BCUT2D eigenvalue weighted by Gasteiger charge is -2.15. The molecule has 130 valence electrons. The molecule has 0 saturated heterocycles. The van der Waals surface area contributed by atoms with Crippen LogP contribution in [0.15, 0.2) is 29.1 Å². The number of ketones is 1. The Bertz CT molecular complexity index is 887. The molecule has 0 spiro atoms. The number of rotatable bonds is 6. The Labute approximate surface area is 147 Å². The van der Waals surface area contributed by atoms with Crippen LogP contribution in [0.1, 0.15) is 58.8 Å². The highest BCUT2D eigenvalue weighted by atomic mass is 16.3. The summed E-state index contributed by atoms with van der Waals surface area (Å²) in [5, 5.41) is 19.9. The zero-order valence-corrected chi connectivity index (χ0v) is 14.8. The van der Waals surface area contributed by atoms with Gasteiger partial charge in [0.1, 0.15) is 11.6 Å². The molecular formula is C20H22N2O3. The number of aromatic hydroxyl groups is 1. The van der Waals surface area contributed by atoms with Gasteiger partial charge in [-0.05, 0) is 25.8 Å². The number of benzene rings is 1. The molecule has 1 heterocycles. The van der Waals surface area contributed by atoms with Crippen LogP contribution in [0, 0.1) is 25.2 Å². The molecule has 0 saturated carbocycles. The van der Waals surface area contributed by atoms with Crippen molar-refractivity contribution in [1.29, 1.82) is 5.26 Å². The Morgan fingerprint density at radius 3 is 2.40 bits per heavy atom. The molecule has 0 radical (unpaired) electrons. The Hall–Kier alpha value is -2.87. The third-order valence-corrected chi connectivity index (χ3v) is 4.33. The van der Waals surface area contributed by atoms with Crippen molar-refractivity contribution in [2.75, 3.05) is 0 Å². The minimum atomic E-state index is -0.547. The fraction of sp³-hybridized carbons (Fsp3) is 0.350. The lowest BCUT2D eigenvalue weighted by Crippen LogP contribution is -2.27. The maximum atomic E-state index is 12.9. The number of pyridine rings is 1. The smallest absolute Gasteiger partial charge is 0.271 e. The highest BCUT2D eigenvalue weighted by Gasteiger charge is 2.24. The van der Waals surface area contributed by atoms with Gasteiger partial charge in [0.2, 0.25) is 5.88 Å². The van der Waals surface area contributed by atoms with Crippen LogP contribution in [0.4, 0.5) is 0 Å². The van der Waals surface area contributed by atoms with Gasteiger partial charge in [0.05, 0.1) is 5.56 Å². The van der Waals surface area contributed by atoms with E-state index in [9.17, 15) is 20.0 Å². The van der Waals surface area contributed by atoms with E-state index in [0.29, 0.717) is 12.0 Å². The van der Waals surface area contributed by atoms with Crippen molar-refractivity contribution < 1.29 is 9.90 Å². The van der Waals surface area contributed by atoms with Crippen LogP contribution in [0.2, 0.25) is 0 Å². The molecule has 0 unspecified atom stereocenters. The van der Waals surface area contributed by atoms with E-state index in [4.69, 9.17) is 0 Å². The summed E-state index contributed by atoms with van der Waals surface area (Å²) >= 11 is 0. The largest absolute Gasteiger partial charge is 0.494 e. The second kappa shape index (κ2) is 7.80. The van der Waals surface area contributed by atoms with Gasteiger partial charge in [0.25, 0.3) is 5.56 Å². The van der Waals surface area contributed by atoms with Crippen molar-refractivity contribution in [1.82, 2.24) is 4.57 Å². The summed E-state index contributed by atoms with van der Waals surface area (Å²) in [5.74, 6) is -0.751. The van der Waals surface area contributed by atoms with Crippen molar-refractivity contribution in [3.63, 3.8) is 0 Å². The lowest BCUT2D eigenvalue weighted by molar-refractivity contribution is 0.103. The Morgan fingerprint density at radius 1 is 1.20 bits per heavy atom. The Morgan fingerprint density at radius 2 is 1.84 bits per heavy atom. The first-order valence-corrected chi connectivity index (χ1v) is 8.40. The molecule has 0 atom stereocenters. The predicted molar refractivity (Wildman–Crippen MR) is 96.0 cm³/mol. The summed E-state index contributed by atoms with van der Waals surface area (Å²) in [6, 6.07) is 8.85. The number of nitriles is 1. The number of hydrogen-bond acceptors (Lipinski definition) is 4. The van der Waals surface area contributed by atoms with Crippen molar-refractivity contribution in [2.45, 2.75) is 46.6 Å². The molecule has 0 amide bonds. The first kappa shape index (κ1) is 18.5. The van der Waals surface area contributed by atoms with Crippen LogP contribution in [-0.2, 0) is 6.54 Å². The van der Waals surface area contributed by atoms with Crippen LogP contribution in [-0.4, -0.2) is 15.5 Å². The highest BCUT2D eigenvalue weighted by Crippen LogP contribution is 2.25. The standard InChI is InChI=1S/C20H22N2O3/c1-4-5-6-11-22-19(24)16(12-21)14(3)17(20(22)25)18(23)15-9-7-13(2)8-10-15/h7-10,25H,4-6,11H2,1-3H3. The third-order valence-electron chi connectivity index (χ3n) is 4.33. The van der Waals surface area contributed by atoms with Gasteiger partial charge in [-0.25, -0.2) is 0 Å². The number of unbranched alkanes of at least 4 members (excludes halogenated alkanes) is 2. The fourth-order valence-corrected chi connectivity index (χ4v) is 2.80. The molecule has 5 heteroatoms. The minimum Gasteiger partial charge on any atom is -0.494 e. The molecule has 1 aromatic carbocycles. The number of aromatic nitrogens is 1. The molecule has 0 bridgehead atoms. The second-order valence-corrected chi connectivity index (χ2v) is 6.17. The van der Waals surface area contributed by atoms with E-state index in [1.165, 1.54) is 6.92 Å². The molecular weight excluding hydrogens is 316 g/mol. The number of aryl methyl sites for hydroxylation is 1. The summed E-state index contributed by atoms with van der Waals surface area (Å²) in [7, 11) is 0. The minimum absolute atomic E-state index is 0.0245. The predicted octanol–water partition coefficient (Wildman–Crippen LogP) is 3.46. The molecule has 0 aliphatic rings. The number of carbonyl (C=O) groups is 1. The van der Waals surface area contributed by atoms with Crippen LogP contribution in [0.25, 0.3) is 0 Å². The molecule has 2 aromatic rings. The Balaban J connectivity index is 2.62. The van der Waals surface area contributed by atoms with Crippen LogP contribution in [0.3, 0.4) is 0 Å². The zero-order chi connectivity index (χ0) is 18.6. The summed E-state index contributed by atoms with van der Waals surface area (Å²) in [6.45, 7) is 5.75. The van der Waals surface area contributed by atoms with Gasteiger partial charge in [-0.3, -0.25) is 14.2 Å². The van der Waals surface area contributed by atoms with Gasteiger partial charge in [0.15, 0.2) is 5.78 Å². The van der Waals surface area contributed by atoms with E-state index in [1.54, 1.807) is 12.1 Å². The van der Waals surface area contributed by atoms with Crippen molar-refractivity contribution >= 4 is 5.78 Å². The Kier molecular flexibility index (Phi) is 5.76. The topological polar surface area (TPSA) is 83.1 Å². The number of carbonyl (C=O) groups excluding carboxylic acids is 1. The van der Waals surface area contributed by atoms with Gasteiger partial charge < -0.3 is 5.11 Å². The molecule has 1 N–H and O–H groups in total. The van der Waals surface area contributed by atoms with Crippen LogP contribution >= 0.6 is 0 Å². The van der Waals surface area contributed by atoms with E-state index in [-0.39, 0.29) is 29.1 Å². The summed E-state index contributed by atoms with van der Waals surface area (Å²) in [6.07, 6.45) is 2.54. The normalized spacial score (nSPS) is 10.5. The molecule has 0 aliphatic heterocycles. The quantitative estimate of drug-likeness (QED) is 0.646. The molecule has 1 aromatic heterocycles. The van der Waals surface area contributed by atoms with Crippen LogP contribution < -0.4 is 5.56 Å². The van der Waals surface area contributed by atoms with E-state index in [1.807, 2.05) is 32.0 Å². The fourth-order valence-electron chi connectivity index (χ4n) is 2.80. The van der Waals surface area contributed by atoms with E-state index < -0.39 is 11.3 Å². The SMILES string of the molecule is CCCCCn1c(O)c(C(=O)c2ccc(C)cc2)c(C)c(C#N)c1=O. The van der Waals surface area contributed by atoms with Crippen LogP contribution in [0.5, 0.6) is 5.88 Å². The number of hydrogen-bond donors (Lipinski definition) is 1. The molecule has 2 rings (SSSR count). The zero-order valence-electron chi connectivity index (χ0n) is 14.8. The molecule has 25 heavy (non-hydrogen) atoms. The average Bonchev–Trinajstić information content (AvgIpc) is 2.59. The third kappa shape index (κ3) is 3.63. The second-order valence-electron chi connectivity index (χ2n) is 6.17. The van der Waals surface area contributed by atoms with Gasteiger partial charge in [-0.15, -0.1) is 0 Å². The first-order chi connectivity index (χ1) is 11.9.